The van der Waals surface area contributed by atoms with Crippen LogP contribution in [0.3, 0.4) is 0 Å². The molecule has 1 N–H and O–H groups in total. The highest BCUT2D eigenvalue weighted by molar-refractivity contribution is 9.10. The lowest BCUT2D eigenvalue weighted by molar-refractivity contribution is -0.396. The Bertz CT molecular complexity index is 1720. The number of rotatable bonds is 10. The lowest BCUT2D eigenvalue weighted by Crippen LogP contribution is -2.18. The SMILES string of the molecule is CCOC(=O)CNc1c(-c2cccc(OS(=O)(=O)c3ccc([N+](=O)[O-])cc3[N+](=O)[O-])c2)nc2ccc(Br)cn12. The average molecular weight is 620 g/mol. The van der Waals surface area contributed by atoms with Crippen molar-refractivity contribution in [2.45, 2.75) is 11.8 Å². The van der Waals surface area contributed by atoms with Gasteiger partial charge in [-0.25, -0.2) is 4.98 Å². The Hall–Kier alpha value is -4.57. The molecule has 4 rings (SSSR count). The van der Waals surface area contributed by atoms with Crippen LogP contribution in [0.25, 0.3) is 16.9 Å². The molecular weight excluding hydrogens is 602 g/mol. The molecule has 14 nitrogen and oxygen atoms in total. The van der Waals surface area contributed by atoms with Gasteiger partial charge in [0.1, 0.15) is 29.5 Å². The number of carbonyl (C=O) groups is 1. The maximum Gasteiger partial charge on any atom is 0.346 e. The number of nitro benzene ring substituents is 2. The second-order valence-electron chi connectivity index (χ2n) is 7.77. The monoisotopic (exact) mass is 619 g/mol. The number of hydrogen-bond donors (Lipinski definition) is 1. The van der Waals surface area contributed by atoms with E-state index in [0.717, 1.165) is 16.6 Å². The van der Waals surface area contributed by atoms with Crippen LogP contribution in [0.5, 0.6) is 5.75 Å². The Morgan fingerprint density at radius 3 is 2.56 bits per heavy atom. The van der Waals surface area contributed by atoms with E-state index in [9.17, 15) is 33.4 Å². The first-order valence-corrected chi connectivity index (χ1v) is 13.2. The summed E-state index contributed by atoms with van der Waals surface area (Å²) in [6.45, 7) is 1.71. The van der Waals surface area contributed by atoms with Crippen molar-refractivity contribution < 1.29 is 32.0 Å². The fourth-order valence-electron chi connectivity index (χ4n) is 3.60. The number of nitrogens with one attached hydrogen (secondary N) is 1. The van der Waals surface area contributed by atoms with Gasteiger partial charge in [-0.05, 0) is 53.2 Å². The zero-order valence-corrected chi connectivity index (χ0v) is 22.3. The molecule has 0 aliphatic rings. The summed E-state index contributed by atoms with van der Waals surface area (Å²) >= 11 is 3.39. The van der Waals surface area contributed by atoms with Crippen LogP contribution < -0.4 is 9.50 Å². The van der Waals surface area contributed by atoms with Crippen molar-refractivity contribution in [1.29, 1.82) is 0 Å². The highest BCUT2D eigenvalue weighted by Crippen LogP contribution is 2.34. The highest BCUT2D eigenvalue weighted by atomic mass is 79.9. The molecule has 0 amide bonds. The summed E-state index contributed by atoms with van der Waals surface area (Å²) < 4.78 is 38.5. The number of esters is 1. The van der Waals surface area contributed by atoms with Crippen LogP contribution >= 0.6 is 15.9 Å². The van der Waals surface area contributed by atoms with Crippen LogP contribution in [0.1, 0.15) is 6.92 Å². The van der Waals surface area contributed by atoms with Gasteiger partial charge >= 0.3 is 16.1 Å². The Kier molecular flexibility index (Phi) is 7.78. The van der Waals surface area contributed by atoms with Crippen LogP contribution in [0, 0.1) is 20.2 Å². The number of nitrogens with zero attached hydrogens (tertiary/aromatic N) is 4. The van der Waals surface area contributed by atoms with Crippen molar-refractivity contribution >= 4 is 54.9 Å². The van der Waals surface area contributed by atoms with Crippen LogP contribution in [0.15, 0.2) is 70.2 Å². The second kappa shape index (κ2) is 11.0. The molecule has 0 saturated carbocycles. The zero-order valence-electron chi connectivity index (χ0n) is 19.9. The summed E-state index contributed by atoms with van der Waals surface area (Å²) in [5.74, 6) is -0.290. The molecule has 0 aliphatic carbocycles. The fraction of sp³-hybridized carbons (Fsp3) is 0.130. The molecule has 4 aromatic rings. The average Bonchev–Trinajstić information content (AvgIpc) is 3.24. The molecule has 2 aromatic heterocycles. The predicted octanol–water partition coefficient (Wildman–Crippen LogP) is 4.32. The normalized spacial score (nSPS) is 11.2. The molecule has 0 radical (unpaired) electrons. The minimum Gasteiger partial charge on any atom is -0.465 e. The Morgan fingerprint density at radius 2 is 1.87 bits per heavy atom. The summed E-state index contributed by atoms with van der Waals surface area (Å²) in [7, 11) is -4.77. The molecule has 202 valence electrons. The number of imidazole rings is 1. The van der Waals surface area contributed by atoms with E-state index in [1.54, 1.807) is 35.7 Å². The van der Waals surface area contributed by atoms with Crippen molar-refractivity contribution in [3.63, 3.8) is 0 Å². The van der Waals surface area contributed by atoms with Gasteiger partial charge in [-0.15, -0.1) is 0 Å². The fourth-order valence-corrected chi connectivity index (χ4v) is 5.01. The summed E-state index contributed by atoms with van der Waals surface area (Å²) in [6, 6.07) is 11.4. The lowest BCUT2D eigenvalue weighted by Gasteiger charge is -2.10. The van der Waals surface area contributed by atoms with Crippen LogP contribution in [-0.4, -0.2) is 46.8 Å². The van der Waals surface area contributed by atoms with Gasteiger partial charge in [0.15, 0.2) is 4.90 Å². The van der Waals surface area contributed by atoms with E-state index in [1.165, 1.54) is 18.2 Å². The van der Waals surface area contributed by atoms with Gasteiger partial charge in [-0.1, -0.05) is 12.1 Å². The standard InChI is InChI=1S/C23H18BrN5O9S/c1-2-37-21(30)12-25-23-22(26-20-9-6-15(24)13-27(20)23)14-4-3-5-17(10-14)38-39(35,36)19-8-7-16(28(31)32)11-18(19)29(33)34/h3-11,13,25H,2,12H2,1H3. The van der Waals surface area contributed by atoms with Crippen LogP contribution in [0.4, 0.5) is 17.2 Å². The van der Waals surface area contributed by atoms with Gasteiger partial charge in [0.25, 0.3) is 11.4 Å². The van der Waals surface area contributed by atoms with E-state index in [0.29, 0.717) is 28.8 Å². The Morgan fingerprint density at radius 1 is 1.10 bits per heavy atom. The minimum atomic E-state index is -4.77. The van der Waals surface area contributed by atoms with Gasteiger partial charge in [0.2, 0.25) is 0 Å². The summed E-state index contributed by atoms with van der Waals surface area (Å²) in [5, 5.41) is 25.4. The van der Waals surface area contributed by atoms with E-state index in [4.69, 9.17) is 8.92 Å². The minimum absolute atomic E-state index is 0.171. The molecule has 0 bridgehead atoms. The molecule has 39 heavy (non-hydrogen) atoms. The van der Waals surface area contributed by atoms with Gasteiger partial charge in [-0.3, -0.25) is 29.4 Å². The third-order valence-corrected chi connectivity index (χ3v) is 6.99. The van der Waals surface area contributed by atoms with Gasteiger partial charge in [-0.2, -0.15) is 8.42 Å². The summed E-state index contributed by atoms with van der Waals surface area (Å²) in [4.78, 5) is 36.2. The number of carbonyl (C=O) groups excluding carboxylic acids is 1. The molecule has 0 fully saturated rings. The maximum absolute atomic E-state index is 13.0. The molecule has 2 aromatic carbocycles. The third kappa shape index (κ3) is 5.96. The zero-order chi connectivity index (χ0) is 28.3. The number of pyridine rings is 1. The van der Waals surface area contributed by atoms with Crippen molar-refractivity contribution in [2.75, 3.05) is 18.5 Å². The van der Waals surface area contributed by atoms with Gasteiger partial charge in [0.05, 0.1) is 22.5 Å². The van der Waals surface area contributed by atoms with Crippen molar-refractivity contribution in [3.05, 3.63) is 85.5 Å². The Balaban J connectivity index is 1.73. The summed E-state index contributed by atoms with van der Waals surface area (Å²) in [5.41, 5.74) is -0.394. The van der Waals surface area contributed by atoms with E-state index in [2.05, 4.69) is 26.2 Å². The topological polar surface area (TPSA) is 185 Å². The van der Waals surface area contributed by atoms with E-state index in [1.807, 2.05) is 0 Å². The quantitative estimate of drug-likeness (QED) is 0.115. The first-order valence-electron chi connectivity index (χ1n) is 11.0. The maximum atomic E-state index is 13.0. The molecule has 0 spiro atoms. The predicted molar refractivity (Wildman–Crippen MR) is 141 cm³/mol. The van der Waals surface area contributed by atoms with Crippen LogP contribution in [0.2, 0.25) is 0 Å². The third-order valence-electron chi connectivity index (χ3n) is 5.22. The largest absolute Gasteiger partial charge is 0.465 e. The molecule has 0 aliphatic heterocycles. The lowest BCUT2D eigenvalue weighted by atomic mass is 10.1. The molecule has 0 atom stereocenters. The molecule has 16 heteroatoms. The molecule has 0 saturated heterocycles. The molecule has 2 heterocycles. The first-order chi connectivity index (χ1) is 18.5. The van der Waals surface area contributed by atoms with Crippen molar-refractivity contribution in [3.8, 4) is 17.0 Å². The van der Waals surface area contributed by atoms with Crippen LogP contribution in [-0.2, 0) is 19.6 Å². The van der Waals surface area contributed by atoms with E-state index < -0.39 is 42.2 Å². The number of fused-ring (bicyclic) bond motifs is 1. The number of non-ortho nitro benzene ring substituents is 1. The summed E-state index contributed by atoms with van der Waals surface area (Å²) in [6.07, 6.45) is 1.72. The number of anilines is 1. The number of nitro groups is 2. The van der Waals surface area contributed by atoms with Crippen molar-refractivity contribution in [2.24, 2.45) is 0 Å². The number of benzene rings is 2. The second-order valence-corrected chi connectivity index (χ2v) is 10.2. The Labute approximate surface area is 228 Å². The first kappa shape index (κ1) is 27.5. The number of aromatic nitrogens is 2. The van der Waals surface area contributed by atoms with Gasteiger partial charge < -0.3 is 14.2 Å². The van der Waals surface area contributed by atoms with E-state index in [-0.39, 0.29) is 18.9 Å². The molecule has 0 unspecified atom stereocenters. The number of hydrogen-bond acceptors (Lipinski definition) is 11. The van der Waals surface area contributed by atoms with Gasteiger partial charge in [0, 0.05) is 22.3 Å². The van der Waals surface area contributed by atoms with Crippen molar-refractivity contribution in [1.82, 2.24) is 9.38 Å². The molecular formula is C23H18BrN5O9S. The highest BCUT2D eigenvalue weighted by Gasteiger charge is 2.30. The smallest absolute Gasteiger partial charge is 0.346 e. The van der Waals surface area contributed by atoms with E-state index >= 15 is 0 Å². The number of ether oxygens (including phenoxy) is 1. The number of halogens is 1.